The topological polar surface area (TPSA) is 68.2 Å². The smallest absolute Gasteiger partial charge is 0.218 e. The van der Waals surface area contributed by atoms with Crippen LogP contribution >= 0.6 is 0 Å². The molecule has 1 aromatic carbocycles. The van der Waals surface area contributed by atoms with E-state index in [2.05, 4.69) is 20.2 Å². The second kappa shape index (κ2) is 12.9. The molecule has 1 aromatic heterocycles. The predicted molar refractivity (Wildman–Crippen MR) is 122 cm³/mol. The minimum Gasteiger partial charge on any atom is -0.473 e. The number of ether oxygens (including phenoxy) is 3. The number of benzene rings is 1. The first kappa shape index (κ1) is 23.0. The van der Waals surface area contributed by atoms with Crippen molar-refractivity contribution in [1.82, 2.24) is 15.2 Å². The van der Waals surface area contributed by atoms with Gasteiger partial charge in [-0.1, -0.05) is 36.4 Å². The van der Waals surface area contributed by atoms with Gasteiger partial charge in [0.25, 0.3) is 0 Å². The largest absolute Gasteiger partial charge is 0.473 e. The molecule has 0 radical (unpaired) electrons. The van der Waals surface area contributed by atoms with Crippen LogP contribution in [0.15, 0.2) is 53.7 Å². The van der Waals surface area contributed by atoms with Gasteiger partial charge in [-0.3, -0.25) is 4.99 Å². The first-order chi connectivity index (χ1) is 15.3. The van der Waals surface area contributed by atoms with Crippen molar-refractivity contribution in [2.45, 2.75) is 38.5 Å². The highest BCUT2D eigenvalue weighted by atomic mass is 16.5. The molecular formula is C24H34N4O3. The molecular weight excluding hydrogens is 392 g/mol. The summed E-state index contributed by atoms with van der Waals surface area (Å²) in [5.74, 6) is 1.55. The van der Waals surface area contributed by atoms with Crippen molar-refractivity contribution in [3.05, 3.63) is 59.8 Å². The normalized spacial score (nSPS) is 15.2. The first-order valence-electron chi connectivity index (χ1n) is 11.0. The van der Waals surface area contributed by atoms with Gasteiger partial charge in [0.1, 0.15) is 6.61 Å². The third-order valence-corrected chi connectivity index (χ3v) is 5.30. The Hall–Kier alpha value is -2.64. The Kier molecular flexibility index (Phi) is 9.60. The molecule has 1 aliphatic rings. The summed E-state index contributed by atoms with van der Waals surface area (Å²) in [6.07, 6.45) is 5.04. The molecule has 168 valence electrons. The van der Waals surface area contributed by atoms with Crippen molar-refractivity contribution in [3.63, 3.8) is 0 Å². The molecule has 2 aromatic rings. The van der Waals surface area contributed by atoms with Crippen molar-refractivity contribution in [2.75, 3.05) is 40.5 Å². The maximum Gasteiger partial charge on any atom is 0.218 e. The molecule has 7 nitrogen and oxygen atoms in total. The number of aliphatic imine (C=N–C) groups is 1. The van der Waals surface area contributed by atoms with Gasteiger partial charge in [0, 0.05) is 58.8 Å². The van der Waals surface area contributed by atoms with E-state index in [4.69, 9.17) is 14.2 Å². The molecule has 7 heteroatoms. The lowest BCUT2D eigenvalue weighted by molar-refractivity contribution is 0.00989. The van der Waals surface area contributed by atoms with Gasteiger partial charge in [0.15, 0.2) is 5.96 Å². The molecule has 1 N–H and O–H groups in total. The van der Waals surface area contributed by atoms with Crippen LogP contribution in [0.2, 0.25) is 0 Å². The first-order valence-corrected chi connectivity index (χ1v) is 11.0. The van der Waals surface area contributed by atoms with Crippen LogP contribution in [0.1, 0.15) is 30.4 Å². The summed E-state index contributed by atoms with van der Waals surface area (Å²) in [7, 11) is 3.55. The van der Waals surface area contributed by atoms with Crippen molar-refractivity contribution < 1.29 is 14.2 Å². The van der Waals surface area contributed by atoms with Crippen LogP contribution in [0, 0.1) is 0 Å². The Morgan fingerprint density at radius 1 is 1.13 bits per heavy atom. The van der Waals surface area contributed by atoms with Crippen LogP contribution in [-0.4, -0.2) is 62.4 Å². The SMILES string of the molecule is CN=C(NCc1cccnc1OCc1ccccc1)N1CCC(OCCCOC)CC1. The van der Waals surface area contributed by atoms with Crippen molar-refractivity contribution in [3.8, 4) is 5.88 Å². The van der Waals surface area contributed by atoms with Crippen LogP contribution in [-0.2, 0) is 22.6 Å². The summed E-state index contributed by atoms with van der Waals surface area (Å²) in [5.41, 5.74) is 2.13. The molecule has 0 aliphatic carbocycles. The minimum absolute atomic E-state index is 0.322. The lowest BCUT2D eigenvalue weighted by atomic mass is 10.1. The number of nitrogens with one attached hydrogen (secondary N) is 1. The van der Waals surface area contributed by atoms with E-state index < -0.39 is 0 Å². The van der Waals surface area contributed by atoms with Crippen molar-refractivity contribution in [1.29, 1.82) is 0 Å². The average Bonchev–Trinajstić information content (AvgIpc) is 2.83. The molecule has 0 amide bonds. The van der Waals surface area contributed by atoms with Crippen LogP contribution in [0.5, 0.6) is 5.88 Å². The standard InChI is InChI=1S/C24H34N4O3/c1-25-24(28-14-11-22(12-15-28)30-17-7-16-29-2)27-18-21-10-6-13-26-23(21)31-19-20-8-4-3-5-9-20/h3-6,8-10,13,22H,7,11-12,14-19H2,1-2H3,(H,25,27). The number of rotatable bonds is 10. The number of hydrogen-bond acceptors (Lipinski definition) is 5. The Morgan fingerprint density at radius 2 is 1.94 bits per heavy atom. The number of guanidine groups is 1. The highest BCUT2D eigenvalue weighted by Crippen LogP contribution is 2.17. The van der Waals surface area contributed by atoms with Gasteiger partial charge in [0.05, 0.1) is 6.10 Å². The van der Waals surface area contributed by atoms with E-state index in [0.717, 1.165) is 62.7 Å². The van der Waals surface area contributed by atoms with Crippen LogP contribution < -0.4 is 10.1 Å². The molecule has 0 atom stereocenters. The fourth-order valence-corrected chi connectivity index (χ4v) is 3.61. The molecule has 1 aliphatic heterocycles. The number of methoxy groups -OCH3 is 1. The van der Waals surface area contributed by atoms with Gasteiger partial charge in [-0.15, -0.1) is 0 Å². The summed E-state index contributed by atoms with van der Waals surface area (Å²) in [6, 6.07) is 14.1. The molecule has 1 saturated heterocycles. The van der Waals surface area contributed by atoms with Crippen LogP contribution in [0.3, 0.4) is 0 Å². The van der Waals surface area contributed by atoms with Gasteiger partial charge in [-0.2, -0.15) is 0 Å². The van der Waals surface area contributed by atoms with Crippen molar-refractivity contribution in [2.24, 2.45) is 4.99 Å². The zero-order valence-corrected chi connectivity index (χ0v) is 18.6. The van der Waals surface area contributed by atoms with E-state index in [1.807, 2.05) is 49.5 Å². The van der Waals surface area contributed by atoms with E-state index in [-0.39, 0.29) is 0 Å². The second-order valence-electron chi connectivity index (χ2n) is 7.55. The highest BCUT2D eigenvalue weighted by Gasteiger charge is 2.22. The summed E-state index contributed by atoms with van der Waals surface area (Å²) in [5, 5.41) is 3.47. The number of likely N-dealkylation sites (tertiary alicyclic amines) is 1. The zero-order chi connectivity index (χ0) is 21.7. The number of aromatic nitrogens is 1. The van der Waals surface area contributed by atoms with Gasteiger partial charge >= 0.3 is 0 Å². The maximum atomic E-state index is 5.97. The van der Waals surface area contributed by atoms with E-state index in [0.29, 0.717) is 25.1 Å². The molecule has 0 saturated carbocycles. The van der Waals surface area contributed by atoms with Gasteiger partial charge < -0.3 is 24.4 Å². The highest BCUT2D eigenvalue weighted by molar-refractivity contribution is 5.80. The summed E-state index contributed by atoms with van der Waals surface area (Å²) < 4.78 is 17.0. The van der Waals surface area contributed by atoms with E-state index in [1.54, 1.807) is 13.3 Å². The molecule has 31 heavy (non-hydrogen) atoms. The Balaban J connectivity index is 1.47. The molecule has 2 heterocycles. The third kappa shape index (κ3) is 7.52. The molecule has 0 spiro atoms. The monoisotopic (exact) mass is 426 g/mol. The van der Waals surface area contributed by atoms with Gasteiger partial charge in [-0.25, -0.2) is 4.98 Å². The number of nitrogens with zero attached hydrogens (tertiary/aromatic N) is 3. The Bertz CT molecular complexity index is 792. The number of pyridine rings is 1. The second-order valence-corrected chi connectivity index (χ2v) is 7.55. The molecule has 0 unspecified atom stereocenters. The number of piperidine rings is 1. The molecule has 1 fully saturated rings. The van der Waals surface area contributed by atoms with E-state index in [9.17, 15) is 0 Å². The van der Waals surface area contributed by atoms with Crippen molar-refractivity contribution >= 4 is 5.96 Å². The fourth-order valence-electron chi connectivity index (χ4n) is 3.61. The van der Waals surface area contributed by atoms with Crippen LogP contribution in [0.25, 0.3) is 0 Å². The Labute approximate surface area is 185 Å². The summed E-state index contributed by atoms with van der Waals surface area (Å²) in [4.78, 5) is 11.2. The lowest BCUT2D eigenvalue weighted by Gasteiger charge is -2.34. The average molecular weight is 427 g/mol. The van der Waals surface area contributed by atoms with E-state index in [1.165, 1.54) is 0 Å². The van der Waals surface area contributed by atoms with Crippen LogP contribution in [0.4, 0.5) is 0 Å². The predicted octanol–water partition coefficient (Wildman–Crippen LogP) is 3.25. The maximum absolute atomic E-state index is 5.97. The minimum atomic E-state index is 0.322. The Morgan fingerprint density at radius 3 is 2.68 bits per heavy atom. The summed E-state index contributed by atoms with van der Waals surface area (Å²) in [6.45, 7) is 4.48. The lowest BCUT2D eigenvalue weighted by Crippen LogP contribution is -2.46. The molecule has 0 bridgehead atoms. The van der Waals surface area contributed by atoms with E-state index >= 15 is 0 Å². The molecule has 3 rings (SSSR count). The zero-order valence-electron chi connectivity index (χ0n) is 18.6. The van der Waals surface area contributed by atoms with Gasteiger partial charge in [0.2, 0.25) is 5.88 Å². The fraction of sp³-hybridized carbons (Fsp3) is 0.500. The van der Waals surface area contributed by atoms with Gasteiger partial charge in [-0.05, 0) is 30.9 Å². The quantitative estimate of drug-likeness (QED) is 0.357. The summed E-state index contributed by atoms with van der Waals surface area (Å²) >= 11 is 0. The third-order valence-electron chi connectivity index (χ3n) is 5.30. The number of hydrogen-bond donors (Lipinski definition) is 1.